The molecule has 1 aliphatic rings. The molecule has 2 heterocycles. The van der Waals surface area contributed by atoms with Gasteiger partial charge in [-0.15, -0.1) is 23.1 Å². The monoisotopic (exact) mass is 472 g/mol. The molecule has 1 aliphatic heterocycles. The van der Waals surface area contributed by atoms with Crippen molar-refractivity contribution in [2.75, 3.05) is 18.8 Å². The third-order valence-corrected chi connectivity index (χ3v) is 8.30. The number of amides is 2. The van der Waals surface area contributed by atoms with Crippen LogP contribution in [0.1, 0.15) is 35.4 Å². The van der Waals surface area contributed by atoms with Crippen LogP contribution in [-0.2, 0) is 6.54 Å². The molecular formula is C28H28N2OS2. The van der Waals surface area contributed by atoms with Crippen LogP contribution in [0.5, 0.6) is 0 Å². The van der Waals surface area contributed by atoms with Crippen molar-refractivity contribution in [1.82, 2.24) is 10.2 Å². The fourth-order valence-corrected chi connectivity index (χ4v) is 6.46. The molecule has 0 bridgehead atoms. The second-order valence-electron chi connectivity index (χ2n) is 8.45. The number of thiophene rings is 1. The van der Waals surface area contributed by atoms with Gasteiger partial charge in [-0.25, -0.2) is 4.79 Å². The van der Waals surface area contributed by atoms with Crippen molar-refractivity contribution in [3.63, 3.8) is 0 Å². The number of thioether (sulfide) groups is 1. The number of rotatable bonds is 6. The third-order valence-electron chi connectivity index (χ3n) is 6.42. The van der Waals surface area contributed by atoms with Gasteiger partial charge in [0.1, 0.15) is 0 Å². The van der Waals surface area contributed by atoms with Crippen LogP contribution in [-0.4, -0.2) is 29.8 Å². The summed E-state index contributed by atoms with van der Waals surface area (Å²) < 4.78 is 1.31. The van der Waals surface area contributed by atoms with Crippen molar-refractivity contribution < 1.29 is 4.79 Å². The summed E-state index contributed by atoms with van der Waals surface area (Å²) in [5.41, 5.74) is 3.80. The van der Waals surface area contributed by atoms with Gasteiger partial charge < -0.3 is 10.2 Å². The van der Waals surface area contributed by atoms with Crippen LogP contribution in [0.4, 0.5) is 4.79 Å². The van der Waals surface area contributed by atoms with E-state index in [0.717, 1.165) is 24.4 Å². The molecule has 1 saturated heterocycles. The first-order valence-electron chi connectivity index (χ1n) is 11.5. The highest BCUT2D eigenvalue weighted by Crippen LogP contribution is 2.43. The largest absolute Gasteiger partial charge is 0.334 e. The average Bonchev–Trinajstić information content (AvgIpc) is 3.49. The fraction of sp³-hybridized carbons (Fsp3) is 0.250. The van der Waals surface area contributed by atoms with E-state index in [0.29, 0.717) is 18.4 Å². The van der Waals surface area contributed by atoms with E-state index >= 15 is 0 Å². The van der Waals surface area contributed by atoms with Gasteiger partial charge in [0.2, 0.25) is 0 Å². The fourth-order valence-electron chi connectivity index (χ4n) is 4.77. The molecule has 3 aromatic carbocycles. The number of hydrogen-bond acceptors (Lipinski definition) is 3. The minimum absolute atomic E-state index is 0.0185. The van der Waals surface area contributed by atoms with E-state index in [4.69, 9.17) is 0 Å². The predicted molar refractivity (Wildman–Crippen MR) is 140 cm³/mol. The summed E-state index contributed by atoms with van der Waals surface area (Å²) in [6.45, 7) is 4.17. The molecular weight excluding hydrogens is 444 g/mol. The van der Waals surface area contributed by atoms with Gasteiger partial charge in [0, 0.05) is 41.1 Å². The second-order valence-corrected chi connectivity index (χ2v) is 10.7. The first-order chi connectivity index (χ1) is 16.2. The zero-order valence-corrected chi connectivity index (χ0v) is 20.4. The Morgan fingerprint density at radius 3 is 2.48 bits per heavy atom. The lowest BCUT2D eigenvalue weighted by Gasteiger charge is -2.18. The molecule has 168 valence electrons. The molecule has 0 saturated carbocycles. The van der Waals surface area contributed by atoms with Crippen molar-refractivity contribution in [3.8, 4) is 0 Å². The van der Waals surface area contributed by atoms with Crippen molar-refractivity contribution in [2.24, 2.45) is 0 Å². The van der Waals surface area contributed by atoms with Crippen molar-refractivity contribution in [2.45, 2.75) is 30.2 Å². The molecule has 0 spiro atoms. The van der Waals surface area contributed by atoms with Crippen molar-refractivity contribution in [3.05, 3.63) is 101 Å². The number of carbonyl (C=O) groups excluding carboxylic acids is 1. The maximum absolute atomic E-state index is 13.2. The molecule has 33 heavy (non-hydrogen) atoms. The standard InChI is InChI=1S/C28H28N2OS2/c1-2-32-22-14-12-20(13-15-22)16-29-28(31)30-17-24(21-8-4-3-5-9-21)25(18-30)26-19-33-27-11-7-6-10-23(26)27/h3-15,19,24-25H,2,16-18H2,1H3,(H,29,31). The van der Waals surface area contributed by atoms with Crippen LogP contribution in [0.15, 0.2) is 89.1 Å². The smallest absolute Gasteiger partial charge is 0.317 e. The summed E-state index contributed by atoms with van der Waals surface area (Å²) >= 11 is 3.63. The average molecular weight is 473 g/mol. The highest BCUT2D eigenvalue weighted by molar-refractivity contribution is 7.99. The molecule has 2 atom stereocenters. The van der Waals surface area contributed by atoms with Crippen LogP contribution in [0.2, 0.25) is 0 Å². The number of urea groups is 1. The lowest BCUT2D eigenvalue weighted by molar-refractivity contribution is 0.207. The molecule has 1 fully saturated rings. The van der Waals surface area contributed by atoms with Gasteiger partial charge in [-0.3, -0.25) is 0 Å². The van der Waals surface area contributed by atoms with Gasteiger partial charge in [-0.1, -0.05) is 67.6 Å². The summed E-state index contributed by atoms with van der Waals surface area (Å²) in [6.07, 6.45) is 0. The summed E-state index contributed by atoms with van der Waals surface area (Å²) in [6, 6.07) is 27.8. The molecule has 0 aliphatic carbocycles. The lowest BCUT2D eigenvalue weighted by atomic mass is 9.84. The molecule has 0 radical (unpaired) electrons. The van der Waals surface area contributed by atoms with Crippen LogP contribution in [0.25, 0.3) is 10.1 Å². The highest BCUT2D eigenvalue weighted by atomic mass is 32.2. The van der Waals surface area contributed by atoms with Crippen molar-refractivity contribution >= 4 is 39.2 Å². The Balaban J connectivity index is 1.34. The number of likely N-dealkylation sites (tertiary alicyclic amines) is 1. The number of nitrogens with zero attached hydrogens (tertiary/aromatic N) is 1. The Kier molecular flexibility index (Phi) is 6.70. The second kappa shape index (κ2) is 10.0. The molecule has 5 rings (SSSR count). The SMILES string of the molecule is CCSc1ccc(CNC(=O)N2CC(c3ccccc3)C(c3csc4ccccc34)C2)cc1. The zero-order valence-electron chi connectivity index (χ0n) is 18.7. The third kappa shape index (κ3) is 4.80. The summed E-state index contributed by atoms with van der Waals surface area (Å²) in [5, 5.41) is 6.76. The van der Waals surface area contributed by atoms with Gasteiger partial charge in [0.05, 0.1) is 0 Å². The first-order valence-corrected chi connectivity index (χ1v) is 13.3. The zero-order chi connectivity index (χ0) is 22.6. The van der Waals surface area contributed by atoms with E-state index in [9.17, 15) is 4.79 Å². The maximum Gasteiger partial charge on any atom is 0.317 e. The van der Waals surface area contributed by atoms with Crippen molar-refractivity contribution in [1.29, 1.82) is 0 Å². The summed E-state index contributed by atoms with van der Waals surface area (Å²) in [5.74, 6) is 1.65. The molecule has 1 N–H and O–H groups in total. The quantitative estimate of drug-likeness (QED) is 0.303. The maximum atomic E-state index is 13.2. The highest BCUT2D eigenvalue weighted by Gasteiger charge is 2.38. The van der Waals surface area contributed by atoms with E-state index in [1.54, 1.807) is 11.3 Å². The molecule has 4 aromatic rings. The van der Waals surface area contributed by atoms with E-state index in [-0.39, 0.29) is 6.03 Å². The Morgan fingerprint density at radius 2 is 1.70 bits per heavy atom. The first kappa shape index (κ1) is 22.1. The summed E-state index contributed by atoms with van der Waals surface area (Å²) in [7, 11) is 0. The number of fused-ring (bicyclic) bond motifs is 1. The predicted octanol–water partition coefficient (Wildman–Crippen LogP) is 7.11. The number of benzene rings is 3. The van der Waals surface area contributed by atoms with Gasteiger partial charge in [0.25, 0.3) is 0 Å². The van der Waals surface area contributed by atoms with Gasteiger partial charge in [-0.2, -0.15) is 0 Å². The normalized spacial score (nSPS) is 18.0. The minimum atomic E-state index is 0.0185. The number of hydrogen-bond donors (Lipinski definition) is 1. The van der Waals surface area contributed by atoms with E-state index < -0.39 is 0 Å². The van der Waals surface area contributed by atoms with Crippen LogP contribution < -0.4 is 5.32 Å². The lowest BCUT2D eigenvalue weighted by Crippen LogP contribution is -2.38. The number of carbonyl (C=O) groups is 1. The van der Waals surface area contributed by atoms with E-state index in [2.05, 4.69) is 96.5 Å². The Morgan fingerprint density at radius 1 is 0.970 bits per heavy atom. The topological polar surface area (TPSA) is 32.3 Å². The number of nitrogens with one attached hydrogen (secondary N) is 1. The molecule has 3 nitrogen and oxygen atoms in total. The Bertz CT molecular complexity index is 1220. The van der Waals surface area contributed by atoms with Gasteiger partial charge in [-0.05, 0) is 51.4 Å². The molecule has 2 unspecified atom stereocenters. The van der Waals surface area contributed by atoms with E-state index in [1.165, 1.54) is 26.1 Å². The van der Waals surface area contributed by atoms with Gasteiger partial charge >= 0.3 is 6.03 Å². The van der Waals surface area contributed by atoms with Crippen LogP contribution in [0, 0.1) is 0 Å². The van der Waals surface area contributed by atoms with Crippen LogP contribution in [0.3, 0.4) is 0 Å². The van der Waals surface area contributed by atoms with Gasteiger partial charge in [0.15, 0.2) is 0 Å². The molecule has 2 amide bonds. The minimum Gasteiger partial charge on any atom is -0.334 e. The Labute approximate surface area is 203 Å². The van der Waals surface area contributed by atoms with Crippen LogP contribution >= 0.6 is 23.1 Å². The Hall–Kier alpha value is -2.76. The van der Waals surface area contributed by atoms with E-state index in [1.807, 2.05) is 16.7 Å². The molecule has 5 heteroatoms. The molecule has 1 aromatic heterocycles. The summed E-state index contributed by atoms with van der Waals surface area (Å²) in [4.78, 5) is 16.4.